The van der Waals surface area contributed by atoms with E-state index in [1.54, 1.807) is 24.3 Å². The van der Waals surface area contributed by atoms with E-state index in [1.807, 2.05) is 24.3 Å². The van der Waals surface area contributed by atoms with Gasteiger partial charge in [-0.25, -0.2) is 8.42 Å². The van der Waals surface area contributed by atoms with Gasteiger partial charge in [0, 0.05) is 30.8 Å². The molecule has 29 heavy (non-hydrogen) atoms. The molecule has 2 aromatic rings. The number of carbonyl (C=O) groups is 1. The van der Waals surface area contributed by atoms with Crippen LogP contribution in [0, 0.1) is 5.92 Å². The number of anilines is 2. The summed E-state index contributed by atoms with van der Waals surface area (Å²) in [4.78, 5) is 15.1. The maximum Gasteiger partial charge on any atom is 0.231 e. The van der Waals surface area contributed by atoms with Gasteiger partial charge in [-0.2, -0.15) is 0 Å². The number of benzene rings is 2. The molecule has 1 aliphatic rings. The van der Waals surface area contributed by atoms with E-state index in [1.165, 1.54) is 11.4 Å². The van der Waals surface area contributed by atoms with Crippen LogP contribution in [0.4, 0.5) is 11.4 Å². The van der Waals surface area contributed by atoms with Crippen LogP contribution in [0.1, 0.15) is 18.4 Å². The first-order chi connectivity index (χ1) is 13.7. The van der Waals surface area contributed by atoms with Gasteiger partial charge < -0.3 is 5.32 Å². The van der Waals surface area contributed by atoms with Crippen molar-refractivity contribution >= 4 is 38.9 Å². The first-order valence-corrected chi connectivity index (χ1v) is 11.8. The van der Waals surface area contributed by atoms with Crippen molar-refractivity contribution in [2.45, 2.75) is 19.4 Å². The highest BCUT2D eigenvalue weighted by molar-refractivity contribution is 7.92. The van der Waals surface area contributed by atoms with Crippen molar-refractivity contribution in [2.75, 3.05) is 36.0 Å². The van der Waals surface area contributed by atoms with Crippen molar-refractivity contribution in [3.05, 3.63) is 59.1 Å². The molecule has 1 atom stereocenters. The van der Waals surface area contributed by atoms with Crippen LogP contribution in [-0.4, -0.2) is 45.6 Å². The molecule has 1 saturated heterocycles. The number of carbonyl (C=O) groups excluding carboxylic acids is 1. The summed E-state index contributed by atoms with van der Waals surface area (Å²) in [5, 5.41) is 3.68. The normalized spacial score (nSPS) is 17.7. The van der Waals surface area contributed by atoms with Gasteiger partial charge >= 0.3 is 0 Å². The second-order valence-corrected chi connectivity index (χ2v) is 9.86. The average molecular weight is 436 g/mol. The van der Waals surface area contributed by atoms with Crippen molar-refractivity contribution in [1.82, 2.24) is 4.90 Å². The topological polar surface area (TPSA) is 69.7 Å². The van der Waals surface area contributed by atoms with Crippen LogP contribution in [0.25, 0.3) is 0 Å². The van der Waals surface area contributed by atoms with Gasteiger partial charge in [-0.05, 0) is 49.2 Å². The number of nitrogens with zero attached hydrogens (tertiary/aromatic N) is 2. The molecule has 2 aromatic carbocycles. The Kier molecular flexibility index (Phi) is 6.82. The van der Waals surface area contributed by atoms with Crippen molar-refractivity contribution < 1.29 is 13.2 Å². The van der Waals surface area contributed by atoms with E-state index in [9.17, 15) is 13.2 Å². The predicted octanol–water partition coefficient (Wildman–Crippen LogP) is 3.59. The molecule has 1 N–H and O–H groups in total. The van der Waals surface area contributed by atoms with Crippen molar-refractivity contribution in [3.63, 3.8) is 0 Å². The lowest BCUT2D eigenvalue weighted by molar-refractivity contribution is -0.121. The minimum Gasteiger partial charge on any atom is -0.326 e. The molecule has 8 heteroatoms. The van der Waals surface area contributed by atoms with Gasteiger partial charge in [0.25, 0.3) is 0 Å². The van der Waals surface area contributed by atoms with E-state index in [-0.39, 0.29) is 11.8 Å². The van der Waals surface area contributed by atoms with E-state index in [4.69, 9.17) is 11.6 Å². The van der Waals surface area contributed by atoms with Gasteiger partial charge in [-0.3, -0.25) is 14.0 Å². The third kappa shape index (κ3) is 5.72. The number of rotatable bonds is 6. The van der Waals surface area contributed by atoms with Gasteiger partial charge in [-0.15, -0.1) is 0 Å². The average Bonchev–Trinajstić information content (AvgIpc) is 2.69. The summed E-state index contributed by atoms with van der Waals surface area (Å²) in [6.45, 7) is 2.32. The highest BCUT2D eigenvalue weighted by Crippen LogP contribution is 2.25. The predicted molar refractivity (Wildman–Crippen MR) is 118 cm³/mol. The monoisotopic (exact) mass is 435 g/mol. The molecule has 0 unspecified atom stereocenters. The zero-order chi connectivity index (χ0) is 21.0. The van der Waals surface area contributed by atoms with Gasteiger partial charge in [0.15, 0.2) is 0 Å². The third-order valence-corrected chi connectivity index (χ3v) is 6.78. The number of likely N-dealkylation sites (tertiary alicyclic amines) is 1. The number of hydrogen-bond acceptors (Lipinski definition) is 4. The molecule has 0 bridgehead atoms. The Bertz CT molecular complexity index is 981. The first kappa shape index (κ1) is 21.6. The van der Waals surface area contributed by atoms with Gasteiger partial charge in [-0.1, -0.05) is 35.9 Å². The number of nitrogens with one attached hydrogen (secondary N) is 1. The van der Waals surface area contributed by atoms with Crippen molar-refractivity contribution in [3.8, 4) is 0 Å². The quantitative estimate of drug-likeness (QED) is 0.752. The number of sulfonamides is 1. The van der Waals surface area contributed by atoms with Crippen LogP contribution in [0.2, 0.25) is 5.02 Å². The molecule has 1 amide bonds. The fraction of sp³-hybridized carbons (Fsp3) is 0.381. The Balaban J connectivity index is 1.64. The number of amides is 1. The van der Waals surface area contributed by atoms with Crippen LogP contribution < -0.4 is 9.62 Å². The Morgan fingerprint density at radius 3 is 2.72 bits per heavy atom. The molecule has 0 aromatic heterocycles. The summed E-state index contributed by atoms with van der Waals surface area (Å²) in [5.41, 5.74) is 2.16. The number of halogens is 1. The Labute approximate surface area is 177 Å². The minimum atomic E-state index is -3.36. The maximum atomic E-state index is 12.8. The van der Waals surface area contributed by atoms with E-state index < -0.39 is 10.0 Å². The minimum absolute atomic E-state index is 0.0481. The lowest BCUT2D eigenvalue weighted by Gasteiger charge is -2.32. The van der Waals surface area contributed by atoms with Crippen LogP contribution >= 0.6 is 11.6 Å². The maximum absolute atomic E-state index is 12.8. The second kappa shape index (κ2) is 9.15. The zero-order valence-corrected chi connectivity index (χ0v) is 18.2. The summed E-state index contributed by atoms with van der Waals surface area (Å²) in [5.74, 6) is -0.171. The molecule has 0 spiro atoms. The number of hydrogen-bond donors (Lipinski definition) is 1. The molecule has 6 nitrogen and oxygen atoms in total. The van der Waals surface area contributed by atoms with E-state index in [2.05, 4.69) is 10.2 Å². The molecule has 0 saturated carbocycles. The highest BCUT2D eigenvalue weighted by Gasteiger charge is 2.26. The zero-order valence-electron chi connectivity index (χ0n) is 16.6. The molecular weight excluding hydrogens is 410 g/mol. The Hall–Kier alpha value is -2.09. The van der Waals surface area contributed by atoms with Crippen molar-refractivity contribution in [1.29, 1.82) is 0 Å². The smallest absolute Gasteiger partial charge is 0.231 e. The van der Waals surface area contributed by atoms with Gasteiger partial charge in [0.05, 0.1) is 17.9 Å². The molecule has 1 heterocycles. The fourth-order valence-electron chi connectivity index (χ4n) is 3.50. The first-order valence-electron chi connectivity index (χ1n) is 9.54. The summed E-state index contributed by atoms with van der Waals surface area (Å²) in [6.07, 6.45) is 2.92. The van der Waals surface area contributed by atoms with Crippen LogP contribution in [-0.2, 0) is 21.4 Å². The summed E-state index contributed by atoms with van der Waals surface area (Å²) in [6, 6.07) is 14.6. The van der Waals surface area contributed by atoms with Gasteiger partial charge in [0.2, 0.25) is 15.9 Å². The van der Waals surface area contributed by atoms with Crippen LogP contribution in [0.3, 0.4) is 0 Å². The summed E-state index contributed by atoms with van der Waals surface area (Å²) < 4.78 is 24.7. The van der Waals surface area contributed by atoms with E-state index in [0.29, 0.717) is 17.9 Å². The van der Waals surface area contributed by atoms with Crippen LogP contribution in [0.5, 0.6) is 0 Å². The molecular formula is C21H26ClN3O3S. The second-order valence-electron chi connectivity index (χ2n) is 7.44. The number of piperidine rings is 1. The Morgan fingerprint density at radius 2 is 2.00 bits per heavy atom. The largest absolute Gasteiger partial charge is 0.326 e. The van der Waals surface area contributed by atoms with Crippen molar-refractivity contribution in [2.24, 2.45) is 5.92 Å². The summed E-state index contributed by atoms with van der Waals surface area (Å²) >= 11 is 6.27. The molecule has 0 radical (unpaired) electrons. The molecule has 0 aliphatic carbocycles. The van der Waals surface area contributed by atoms with Gasteiger partial charge in [0.1, 0.15) is 0 Å². The SMILES string of the molecule is CN(c1cccc(NC(=O)[C@H]2CCCN(Cc3ccccc3Cl)C2)c1)S(C)(=O)=O. The lowest BCUT2D eigenvalue weighted by atomic mass is 9.96. The van der Waals surface area contributed by atoms with E-state index >= 15 is 0 Å². The van der Waals surface area contributed by atoms with E-state index in [0.717, 1.165) is 42.8 Å². The lowest BCUT2D eigenvalue weighted by Crippen LogP contribution is -2.40. The molecule has 3 rings (SSSR count). The Morgan fingerprint density at radius 1 is 1.24 bits per heavy atom. The highest BCUT2D eigenvalue weighted by atomic mass is 35.5. The third-order valence-electron chi connectivity index (χ3n) is 5.20. The molecule has 1 aliphatic heterocycles. The van der Waals surface area contributed by atoms with Crippen LogP contribution in [0.15, 0.2) is 48.5 Å². The fourth-order valence-corrected chi connectivity index (χ4v) is 4.19. The standard InChI is InChI=1S/C21H26ClN3O3S/c1-24(29(2,27)28)19-10-5-9-18(13-19)23-21(26)17-8-6-12-25(15-17)14-16-7-3-4-11-20(16)22/h3-5,7,9-11,13,17H,6,8,12,14-15H2,1-2H3,(H,23,26)/t17-/m0/s1. The molecule has 1 fully saturated rings. The molecule has 156 valence electrons. The summed E-state index contributed by atoms with van der Waals surface area (Å²) in [7, 11) is -1.87.